The van der Waals surface area contributed by atoms with Crippen LogP contribution in [-0.2, 0) is 20.7 Å². The first-order valence-corrected chi connectivity index (χ1v) is 10.4. The van der Waals surface area contributed by atoms with Gasteiger partial charge in [-0.3, -0.25) is 4.79 Å². The number of methoxy groups -OCH3 is 2. The third-order valence-electron chi connectivity index (χ3n) is 7.71. The lowest BCUT2D eigenvalue weighted by Gasteiger charge is -2.60. The predicted molar refractivity (Wildman–Crippen MR) is 106 cm³/mol. The van der Waals surface area contributed by atoms with E-state index in [2.05, 4.69) is 13.8 Å². The van der Waals surface area contributed by atoms with Crippen molar-refractivity contribution in [1.82, 2.24) is 0 Å². The predicted octanol–water partition coefficient (Wildman–Crippen LogP) is 4.17. The molecule has 5 nitrogen and oxygen atoms in total. The Morgan fingerprint density at radius 3 is 2.54 bits per heavy atom. The zero-order valence-corrected chi connectivity index (χ0v) is 17.5. The first kappa shape index (κ1) is 19.7. The summed E-state index contributed by atoms with van der Waals surface area (Å²) in [6, 6.07) is 5.83. The summed E-state index contributed by atoms with van der Waals surface area (Å²) in [5.74, 6) is 1.61. The third-order valence-corrected chi connectivity index (χ3v) is 7.71. The molecule has 3 atom stereocenters. The van der Waals surface area contributed by atoms with Crippen molar-refractivity contribution in [1.29, 1.82) is 0 Å². The minimum absolute atomic E-state index is 0.156. The van der Waals surface area contributed by atoms with Gasteiger partial charge in [-0.05, 0) is 55.4 Å². The highest BCUT2D eigenvalue weighted by Gasteiger charge is 2.65. The second-order valence-electron chi connectivity index (χ2n) is 9.01. The Balaban J connectivity index is 1.74. The third kappa shape index (κ3) is 2.78. The fourth-order valence-corrected chi connectivity index (χ4v) is 6.21. The second kappa shape index (κ2) is 7.03. The lowest BCUT2D eigenvalue weighted by molar-refractivity contribution is -0.286. The Morgan fingerprint density at radius 1 is 1.11 bits per heavy atom. The van der Waals surface area contributed by atoms with Crippen LogP contribution in [0.2, 0.25) is 0 Å². The van der Waals surface area contributed by atoms with Crippen molar-refractivity contribution < 1.29 is 23.7 Å². The molecule has 0 bridgehead atoms. The number of hydrogen-bond acceptors (Lipinski definition) is 5. The minimum Gasteiger partial charge on any atom is -0.497 e. The summed E-state index contributed by atoms with van der Waals surface area (Å²) in [4.78, 5) is 13.3. The second-order valence-corrected chi connectivity index (χ2v) is 9.01. The van der Waals surface area contributed by atoms with E-state index >= 15 is 0 Å². The number of rotatable bonds is 4. The van der Waals surface area contributed by atoms with E-state index in [-0.39, 0.29) is 11.3 Å². The van der Waals surface area contributed by atoms with Crippen LogP contribution in [0.1, 0.15) is 51.5 Å². The zero-order chi connectivity index (χ0) is 20.0. The molecule has 4 rings (SSSR count). The molecule has 1 heterocycles. The quantitative estimate of drug-likeness (QED) is 0.775. The highest BCUT2D eigenvalue weighted by atomic mass is 16.7. The average molecular weight is 389 g/mol. The molecular formula is C23H32O5. The summed E-state index contributed by atoms with van der Waals surface area (Å²) >= 11 is 0. The van der Waals surface area contributed by atoms with Crippen molar-refractivity contribution in [3.05, 3.63) is 23.8 Å². The smallest absolute Gasteiger partial charge is 0.174 e. The molecule has 0 unspecified atom stereocenters. The molecule has 5 heteroatoms. The maximum atomic E-state index is 13.3. The molecule has 1 spiro atoms. The Hall–Kier alpha value is -1.59. The number of carbonyl (C=O) groups excluding carboxylic acids is 1. The number of fused-ring (bicyclic) bond motifs is 2. The van der Waals surface area contributed by atoms with Gasteiger partial charge in [0.15, 0.2) is 5.79 Å². The van der Waals surface area contributed by atoms with Crippen molar-refractivity contribution in [3.63, 3.8) is 0 Å². The van der Waals surface area contributed by atoms with Crippen LogP contribution in [0.4, 0.5) is 0 Å². The molecule has 2 saturated carbocycles. The lowest BCUT2D eigenvalue weighted by Crippen LogP contribution is -2.62. The van der Waals surface area contributed by atoms with Crippen LogP contribution in [-0.4, -0.2) is 39.0 Å². The van der Waals surface area contributed by atoms with Crippen LogP contribution in [0.5, 0.6) is 11.5 Å². The van der Waals surface area contributed by atoms with E-state index in [0.29, 0.717) is 31.8 Å². The van der Waals surface area contributed by atoms with Gasteiger partial charge >= 0.3 is 0 Å². The van der Waals surface area contributed by atoms with Gasteiger partial charge in [0.2, 0.25) is 0 Å². The van der Waals surface area contributed by atoms with Gasteiger partial charge in [-0.2, -0.15) is 0 Å². The fourth-order valence-electron chi connectivity index (χ4n) is 6.21. The molecule has 1 aromatic carbocycles. The SMILES string of the molecule is COc1ccc(OC)c(C[C@]2(C)C(=O)CC[C@@]3(C)[C@H]2CCCC32OCCO2)c1. The summed E-state index contributed by atoms with van der Waals surface area (Å²) in [6.07, 6.45) is 5.03. The number of carbonyl (C=O) groups is 1. The van der Waals surface area contributed by atoms with Gasteiger partial charge in [-0.15, -0.1) is 0 Å². The Labute approximate surface area is 167 Å². The topological polar surface area (TPSA) is 54.0 Å². The maximum absolute atomic E-state index is 13.3. The summed E-state index contributed by atoms with van der Waals surface area (Å²) in [5.41, 5.74) is 0.390. The van der Waals surface area contributed by atoms with Gasteiger partial charge in [0.1, 0.15) is 17.3 Å². The Morgan fingerprint density at radius 2 is 1.86 bits per heavy atom. The lowest BCUT2D eigenvalue weighted by atomic mass is 9.47. The van der Waals surface area contributed by atoms with Gasteiger partial charge in [-0.25, -0.2) is 0 Å². The fraction of sp³-hybridized carbons (Fsp3) is 0.696. The van der Waals surface area contributed by atoms with Crippen LogP contribution in [0.3, 0.4) is 0 Å². The first-order chi connectivity index (χ1) is 13.4. The van der Waals surface area contributed by atoms with Crippen LogP contribution in [0.15, 0.2) is 18.2 Å². The zero-order valence-electron chi connectivity index (χ0n) is 17.5. The molecule has 1 aromatic rings. The first-order valence-electron chi connectivity index (χ1n) is 10.4. The number of benzene rings is 1. The molecule has 3 aliphatic rings. The molecule has 1 aliphatic heterocycles. The summed E-state index contributed by atoms with van der Waals surface area (Å²) in [5, 5.41) is 0. The van der Waals surface area contributed by atoms with Crippen LogP contribution in [0.25, 0.3) is 0 Å². The largest absolute Gasteiger partial charge is 0.497 e. The maximum Gasteiger partial charge on any atom is 0.174 e. The molecule has 28 heavy (non-hydrogen) atoms. The molecule has 154 valence electrons. The van der Waals surface area contributed by atoms with Gasteiger partial charge in [0, 0.05) is 23.7 Å². The van der Waals surface area contributed by atoms with Crippen molar-refractivity contribution in [3.8, 4) is 11.5 Å². The Kier molecular flexibility index (Phi) is 4.95. The number of Topliss-reactive ketones (excluding diaryl/α,β-unsaturated/α-hetero) is 1. The van der Waals surface area contributed by atoms with E-state index in [1.165, 1.54) is 0 Å². The molecule has 0 radical (unpaired) electrons. The van der Waals surface area contributed by atoms with Crippen molar-refractivity contribution >= 4 is 5.78 Å². The van der Waals surface area contributed by atoms with Crippen LogP contribution < -0.4 is 9.47 Å². The van der Waals surface area contributed by atoms with E-state index in [4.69, 9.17) is 18.9 Å². The molecule has 0 amide bonds. The van der Waals surface area contributed by atoms with E-state index in [1.54, 1.807) is 14.2 Å². The summed E-state index contributed by atoms with van der Waals surface area (Å²) < 4.78 is 23.5. The molecule has 0 aromatic heterocycles. The molecule has 2 aliphatic carbocycles. The van der Waals surface area contributed by atoms with E-state index < -0.39 is 11.2 Å². The molecule has 0 N–H and O–H groups in total. The van der Waals surface area contributed by atoms with E-state index in [0.717, 1.165) is 42.7 Å². The highest BCUT2D eigenvalue weighted by Crippen LogP contribution is 2.63. The standard InChI is InChI=1S/C23H32O5/c1-21(15-16-14-17(25-3)7-8-18(16)26-4)19-6-5-10-23(27-12-13-28-23)22(19,2)11-9-20(21)24/h7-8,14,19H,5-6,9-13,15H2,1-4H3/t19-,21-,22-/m0/s1. The van der Waals surface area contributed by atoms with Crippen molar-refractivity contribution in [2.45, 2.75) is 58.2 Å². The minimum atomic E-state index is -0.531. The monoisotopic (exact) mass is 388 g/mol. The molecular weight excluding hydrogens is 356 g/mol. The number of ketones is 1. The van der Waals surface area contributed by atoms with Crippen LogP contribution >= 0.6 is 0 Å². The van der Waals surface area contributed by atoms with Crippen molar-refractivity contribution in [2.24, 2.45) is 16.7 Å². The van der Waals surface area contributed by atoms with Gasteiger partial charge in [0.25, 0.3) is 0 Å². The highest BCUT2D eigenvalue weighted by molar-refractivity contribution is 5.86. The van der Waals surface area contributed by atoms with Gasteiger partial charge in [-0.1, -0.05) is 13.8 Å². The normalized spacial score (nSPS) is 34.3. The summed E-state index contributed by atoms with van der Waals surface area (Å²) in [7, 11) is 3.34. The van der Waals surface area contributed by atoms with E-state index in [1.807, 2.05) is 18.2 Å². The molecule has 3 fully saturated rings. The van der Waals surface area contributed by atoms with Crippen molar-refractivity contribution in [2.75, 3.05) is 27.4 Å². The molecule has 1 saturated heterocycles. The summed E-state index contributed by atoms with van der Waals surface area (Å²) in [6.45, 7) is 5.73. The van der Waals surface area contributed by atoms with Gasteiger partial charge < -0.3 is 18.9 Å². The average Bonchev–Trinajstić information content (AvgIpc) is 3.17. The van der Waals surface area contributed by atoms with Gasteiger partial charge in [0.05, 0.1) is 27.4 Å². The number of ether oxygens (including phenoxy) is 4. The Bertz CT molecular complexity index is 753. The van der Waals surface area contributed by atoms with Crippen LogP contribution in [0, 0.1) is 16.7 Å². The number of hydrogen-bond donors (Lipinski definition) is 0. The van der Waals surface area contributed by atoms with E-state index in [9.17, 15) is 4.79 Å².